The minimum absolute atomic E-state index is 0.135. The van der Waals surface area contributed by atoms with Gasteiger partial charge in [-0.05, 0) is 30.5 Å². The standard InChI is InChI=1S/C20H15N3O4S/c1-2-27-16-9-7-13(11-15(16)23(25)26)19(24)22-20-21-18-14-6-4-3-5-12(14)8-10-17(18)28-20/h3-11H,2H2,1H3,(H,21,22,24). The zero-order valence-corrected chi connectivity index (χ0v) is 15.7. The van der Waals surface area contributed by atoms with E-state index in [1.54, 1.807) is 6.92 Å². The molecular formula is C20H15N3O4S. The Morgan fingerprint density at radius 1 is 1.21 bits per heavy atom. The summed E-state index contributed by atoms with van der Waals surface area (Å²) < 4.78 is 6.20. The van der Waals surface area contributed by atoms with Gasteiger partial charge in [0.15, 0.2) is 10.9 Å². The molecular weight excluding hydrogens is 378 g/mol. The second kappa shape index (κ2) is 7.24. The molecule has 0 saturated heterocycles. The van der Waals surface area contributed by atoms with Gasteiger partial charge in [0.05, 0.1) is 21.7 Å². The van der Waals surface area contributed by atoms with Gasteiger partial charge in [-0.15, -0.1) is 0 Å². The van der Waals surface area contributed by atoms with Crippen molar-refractivity contribution in [2.24, 2.45) is 0 Å². The fourth-order valence-electron chi connectivity index (χ4n) is 2.96. The lowest BCUT2D eigenvalue weighted by atomic mass is 10.1. The van der Waals surface area contributed by atoms with Crippen LogP contribution in [0.25, 0.3) is 21.0 Å². The molecule has 1 heterocycles. The number of carbonyl (C=O) groups excluding carboxylic acids is 1. The highest BCUT2D eigenvalue weighted by Gasteiger charge is 2.19. The molecule has 0 aliphatic rings. The molecule has 0 spiro atoms. The first kappa shape index (κ1) is 17.9. The second-order valence-corrected chi connectivity index (χ2v) is 7.01. The van der Waals surface area contributed by atoms with Crippen LogP contribution in [-0.4, -0.2) is 22.4 Å². The van der Waals surface area contributed by atoms with E-state index < -0.39 is 10.8 Å². The summed E-state index contributed by atoms with van der Waals surface area (Å²) in [6.07, 6.45) is 0. The van der Waals surface area contributed by atoms with Crippen LogP contribution in [0, 0.1) is 10.1 Å². The lowest BCUT2D eigenvalue weighted by molar-refractivity contribution is -0.385. The molecule has 0 radical (unpaired) electrons. The largest absolute Gasteiger partial charge is 0.487 e. The monoisotopic (exact) mass is 393 g/mol. The van der Waals surface area contributed by atoms with E-state index in [4.69, 9.17) is 4.74 Å². The van der Waals surface area contributed by atoms with Gasteiger partial charge in [0.1, 0.15) is 0 Å². The summed E-state index contributed by atoms with van der Waals surface area (Å²) in [6.45, 7) is 2.03. The van der Waals surface area contributed by atoms with Crippen molar-refractivity contribution in [2.75, 3.05) is 11.9 Å². The van der Waals surface area contributed by atoms with Gasteiger partial charge in [-0.1, -0.05) is 41.7 Å². The number of hydrogen-bond donors (Lipinski definition) is 1. The molecule has 0 aliphatic heterocycles. The van der Waals surface area contributed by atoms with Gasteiger partial charge in [0, 0.05) is 17.0 Å². The molecule has 8 heteroatoms. The number of fused-ring (bicyclic) bond motifs is 3. The molecule has 1 aromatic heterocycles. The minimum atomic E-state index is -0.564. The number of rotatable bonds is 5. The normalized spacial score (nSPS) is 10.9. The van der Waals surface area contributed by atoms with Crippen LogP contribution in [0.1, 0.15) is 17.3 Å². The Kier molecular flexibility index (Phi) is 4.62. The van der Waals surface area contributed by atoms with Crippen LogP contribution >= 0.6 is 11.3 Å². The molecule has 0 fully saturated rings. The van der Waals surface area contributed by atoms with Gasteiger partial charge in [0.25, 0.3) is 5.91 Å². The number of nitrogens with one attached hydrogen (secondary N) is 1. The molecule has 28 heavy (non-hydrogen) atoms. The lowest BCUT2D eigenvalue weighted by Crippen LogP contribution is -2.12. The van der Waals surface area contributed by atoms with Crippen LogP contribution in [0.4, 0.5) is 10.8 Å². The first-order valence-electron chi connectivity index (χ1n) is 8.57. The second-order valence-electron chi connectivity index (χ2n) is 5.98. The summed E-state index contributed by atoms with van der Waals surface area (Å²) in [5.41, 5.74) is 0.736. The zero-order valence-electron chi connectivity index (χ0n) is 14.8. The minimum Gasteiger partial charge on any atom is -0.487 e. The van der Waals surface area contributed by atoms with E-state index in [-0.39, 0.29) is 17.0 Å². The van der Waals surface area contributed by atoms with Crippen LogP contribution in [-0.2, 0) is 0 Å². The van der Waals surface area contributed by atoms with Crippen LogP contribution in [0.5, 0.6) is 5.75 Å². The molecule has 3 aromatic carbocycles. The van der Waals surface area contributed by atoms with Crippen molar-refractivity contribution in [1.29, 1.82) is 0 Å². The summed E-state index contributed by atoms with van der Waals surface area (Å²) in [4.78, 5) is 27.8. The fourth-order valence-corrected chi connectivity index (χ4v) is 3.84. The number of nitro benzene ring substituents is 1. The van der Waals surface area contributed by atoms with E-state index in [0.717, 1.165) is 21.0 Å². The van der Waals surface area contributed by atoms with Gasteiger partial charge in [-0.3, -0.25) is 20.2 Å². The van der Waals surface area contributed by atoms with E-state index >= 15 is 0 Å². The summed E-state index contributed by atoms with van der Waals surface area (Å²) in [5.74, 6) is -0.329. The molecule has 4 rings (SSSR count). The summed E-state index contributed by atoms with van der Waals surface area (Å²) in [6, 6.07) is 16.0. The molecule has 0 aliphatic carbocycles. The number of anilines is 1. The molecule has 0 unspecified atom stereocenters. The number of carbonyl (C=O) groups is 1. The predicted octanol–water partition coefficient (Wildman–Crippen LogP) is 5.01. The third kappa shape index (κ3) is 3.25. The maximum atomic E-state index is 12.6. The van der Waals surface area contributed by atoms with Gasteiger partial charge < -0.3 is 4.74 Å². The Morgan fingerprint density at radius 2 is 2.04 bits per heavy atom. The van der Waals surface area contributed by atoms with Crippen molar-refractivity contribution >= 4 is 49.1 Å². The Morgan fingerprint density at radius 3 is 2.82 bits per heavy atom. The van der Waals surface area contributed by atoms with Crippen LogP contribution in [0.15, 0.2) is 54.6 Å². The Balaban J connectivity index is 1.66. The highest BCUT2D eigenvalue weighted by molar-refractivity contribution is 7.22. The quantitative estimate of drug-likeness (QED) is 0.380. The molecule has 1 N–H and O–H groups in total. The SMILES string of the molecule is CCOc1ccc(C(=O)Nc2nc3c(ccc4ccccc43)s2)cc1[N+](=O)[O-]. The van der Waals surface area contributed by atoms with Gasteiger partial charge in [0.2, 0.25) is 0 Å². The highest BCUT2D eigenvalue weighted by atomic mass is 32.1. The number of amides is 1. The number of thiazole rings is 1. The van der Waals surface area contributed by atoms with E-state index in [2.05, 4.69) is 10.3 Å². The van der Waals surface area contributed by atoms with Crippen LogP contribution in [0.2, 0.25) is 0 Å². The van der Waals surface area contributed by atoms with Crippen LogP contribution in [0.3, 0.4) is 0 Å². The first-order chi connectivity index (χ1) is 13.6. The molecule has 7 nitrogen and oxygen atoms in total. The highest BCUT2D eigenvalue weighted by Crippen LogP contribution is 2.32. The number of benzene rings is 3. The number of nitrogens with zero attached hydrogens (tertiary/aromatic N) is 2. The number of aromatic nitrogens is 1. The number of nitro groups is 1. The molecule has 1 amide bonds. The summed E-state index contributed by atoms with van der Waals surface area (Å²) in [7, 11) is 0. The zero-order chi connectivity index (χ0) is 19.7. The van der Waals surface area contributed by atoms with Gasteiger partial charge >= 0.3 is 5.69 Å². The Bertz CT molecular complexity index is 1220. The van der Waals surface area contributed by atoms with E-state index in [9.17, 15) is 14.9 Å². The fraction of sp³-hybridized carbons (Fsp3) is 0.100. The third-order valence-corrected chi connectivity index (χ3v) is 5.16. The molecule has 4 aromatic rings. The maximum absolute atomic E-state index is 12.6. The van der Waals surface area contributed by atoms with Gasteiger partial charge in [-0.25, -0.2) is 4.98 Å². The van der Waals surface area contributed by atoms with Crippen molar-refractivity contribution in [1.82, 2.24) is 4.98 Å². The van der Waals surface area contributed by atoms with E-state index in [0.29, 0.717) is 11.7 Å². The average molecular weight is 393 g/mol. The summed E-state index contributed by atoms with van der Waals surface area (Å²) >= 11 is 1.36. The van der Waals surface area contributed by atoms with Crippen molar-refractivity contribution in [3.63, 3.8) is 0 Å². The maximum Gasteiger partial charge on any atom is 0.311 e. The number of hydrogen-bond acceptors (Lipinski definition) is 6. The molecule has 0 bridgehead atoms. The number of ether oxygens (including phenoxy) is 1. The Labute approximate surface area is 163 Å². The lowest BCUT2D eigenvalue weighted by Gasteiger charge is -2.06. The van der Waals surface area contributed by atoms with Crippen molar-refractivity contribution < 1.29 is 14.5 Å². The first-order valence-corrected chi connectivity index (χ1v) is 9.39. The van der Waals surface area contributed by atoms with Crippen molar-refractivity contribution in [3.05, 3.63) is 70.3 Å². The average Bonchev–Trinajstić information content (AvgIpc) is 3.11. The van der Waals surface area contributed by atoms with Crippen LogP contribution < -0.4 is 10.1 Å². The Hall–Kier alpha value is -3.52. The topological polar surface area (TPSA) is 94.4 Å². The molecule has 0 saturated carbocycles. The molecule has 0 atom stereocenters. The van der Waals surface area contributed by atoms with Crippen molar-refractivity contribution in [3.8, 4) is 5.75 Å². The molecule has 140 valence electrons. The summed E-state index contributed by atoms with van der Waals surface area (Å²) in [5, 5.41) is 16.5. The smallest absolute Gasteiger partial charge is 0.311 e. The van der Waals surface area contributed by atoms with E-state index in [1.165, 1.54) is 29.5 Å². The van der Waals surface area contributed by atoms with E-state index in [1.807, 2.05) is 36.4 Å². The van der Waals surface area contributed by atoms with Gasteiger partial charge in [-0.2, -0.15) is 0 Å². The van der Waals surface area contributed by atoms with Crippen molar-refractivity contribution in [2.45, 2.75) is 6.92 Å². The predicted molar refractivity (Wildman–Crippen MR) is 109 cm³/mol. The third-order valence-electron chi connectivity index (χ3n) is 4.22.